The van der Waals surface area contributed by atoms with E-state index in [0.717, 1.165) is 11.1 Å². The van der Waals surface area contributed by atoms with E-state index < -0.39 is 9.84 Å². The highest BCUT2D eigenvalue weighted by molar-refractivity contribution is 7.90. The molecule has 3 rings (SSSR count). The van der Waals surface area contributed by atoms with Crippen molar-refractivity contribution < 1.29 is 13.2 Å². The minimum absolute atomic E-state index is 0.0269. The number of carbonyl (C=O) groups is 1. The zero-order valence-electron chi connectivity index (χ0n) is 14.6. The zero-order valence-corrected chi connectivity index (χ0v) is 15.4. The van der Waals surface area contributed by atoms with Crippen molar-refractivity contribution in [3.05, 3.63) is 101 Å². The first-order valence-electron chi connectivity index (χ1n) is 8.43. The predicted octanol–water partition coefficient (Wildman–Crippen LogP) is 4.07. The molecular formula is C23H18O3S. The van der Waals surface area contributed by atoms with Crippen molar-refractivity contribution in [3.8, 4) is 12.3 Å². The summed E-state index contributed by atoms with van der Waals surface area (Å²) in [5.41, 5.74) is 2.86. The lowest BCUT2D eigenvalue weighted by atomic mass is 10.0. The second-order valence-corrected chi connectivity index (χ2v) is 8.20. The van der Waals surface area contributed by atoms with E-state index in [1.807, 2.05) is 12.1 Å². The summed E-state index contributed by atoms with van der Waals surface area (Å²) in [5.74, 6) is 2.42. The summed E-state index contributed by atoms with van der Waals surface area (Å²) in [6.07, 6.45) is 5.60. The van der Waals surface area contributed by atoms with Crippen molar-refractivity contribution in [2.45, 2.75) is 17.1 Å². The minimum Gasteiger partial charge on any atom is -0.294 e. The molecule has 0 amide bonds. The third kappa shape index (κ3) is 4.72. The van der Waals surface area contributed by atoms with Crippen molar-refractivity contribution in [1.29, 1.82) is 0 Å². The first-order chi connectivity index (χ1) is 13.0. The van der Waals surface area contributed by atoms with Gasteiger partial charge >= 0.3 is 0 Å². The summed E-state index contributed by atoms with van der Waals surface area (Å²) in [6.45, 7) is 0. The Labute approximate surface area is 159 Å². The fourth-order valence-electron chi connectivity index (χ4n) is 2.72. The Balaban J connectivity index is 1.69. The second-order valence-electron chi connectivity index (χ2n) is 6.21. The maximum absolute atomic E-state index is 12.4. The lowest BCUT2D eigenvalue weighted by molar-refractivity contribution is 0.0993. The van der Waals surface area contributed by atoms with E-state index in [1.165, 1.54) is 0 Å². The number of terminal acetylenes is 1. The molecule has 0 aromatic heterocycles. The topological polar surface area (TPSA) is 51.2 Å². The van der Waals surface area contributed by atoms with Gasteiger partial charge in [-0.1, -0.05) is 60.5 Å². The molecule has 4 heteroatoms. The fourth-order valence-corrected chi connectivity index (χ4v) is 4.09. The molecule has 0 fully saturated rings. The van der Waals surface area contributed by atoms with Gasteiger partial charge in [0.25, 0.3) is 0 Å². The van der Waals surface area contributed by atoms with Gasteiger partial charge in [-0.05, 0) is 35.4 Å². The Bertz CT molecular complexity index is 1070. The third-order valence-corrected chi connectivity index (χ3v) is 5.92. The van der Waals surface area contributed by atoms with E-state index in [9.17, 15) is 13.2 Å². The average molecular weight is 374 g/mol. The highest BCUT2D eigenvalue weighted by atomic mass is 32.2. The molecule has 0 atom stereocenters. The van der Waals surface area contributed by atoms with Gasteiger partial charge in [-0.25, -0.2) is 8.42 Å². The van der Waals surface area contributed by atoms with Crippen molar-refractivity contribution in [2.75, 3.05) is 0 Å². The zero-order chi connectivity index (χ0) is 19.3. The first-order valence-corrected chi connectivity index (χ1v) is 10.1. The van der Waals surface area contributed by atoms with Gasteiger partial charge in [0, 0.05) is 17.5 Å². The van der Waals surface area contributed by atoms with E-state index in [-0.39, 0.29) is 18.0 Å². The quantitative estimate of drug-likeness (QED) is 0.483. The molecule has 0 radical (unpaired) electrons. The van der Waals surface area contributed by atoms with Gasteiger partial charge in [-0.2, -0.15) is 0 Å². The van der Waals surface area contributed by atoms with E-state index in [0.29, 0.717) is 16.0 Å². The molecule has 134 valence electrons. The highest BCUT2D eigenvalue weighted by Gasteiger charge is 2.15. The number of hydrogen-bond acceptors (Lipinski definition) is 3. The maximum Gasteiger partial charge on any atom is 0.182 e. The Morgan fingerprint density at radius 1 is 0.815 bits per heavy atom. The van der Waals surface area contributed by atoms with Crippen LogP contribution >= 0.6 is 0 Å². The monoisotopic (exact) mass is 374 g/mol. The second kappa shape index (κ2) is 8.03. The average Bonchev–Trinajstić information content (AvgIpc) is 2.69. The van der Waals surface area contributed by atoms with Crippen molar-refractivity contribution in [1.82, 2.24) is 0 Å². The highest BCUT2D eigenvalue weighted by Crippen LogP contribution is 2.17. The van der Waals surface area contributed by atoms with Crippen LogP contribution in [-0.2, 0) is 22.0 Å². The van der Waals surface area contributed by atoms with Crippen LogP contribution in [0.5, 0.6) is 0 Å². The van der Waals surface area contributed by atoms with Gasteiger partial charge in [0.15, 0.2) is 15.6 Å². The first kappa shape index (κ1) is 18.6. The van der Waals surface area contributed by atoms with Crippen LogP contribution in [0.15, 0.2) is 83.8 Å². The van der Waals surface area contributed by atoms with Crippen LogP contribution in [0.4, 0.5) is 0 Å². The summed E-state index contributed by atoms with van der Waals surface area (Å²) < 4.78 is 24.9. The van der Waals surface area contributed by atoms with Crippen molar-refractivity contribution in [2.24, 2.45) is 0 Å². The van der Waals surface area contributed by atoms with Crippen LogP contribution in [0.1, 0.15) is 27.0 Å². The van der Waals surface area contributed by atoms with Gasteiger partial charge in [0.2, 0.25) is 0 Å². The van der Waals surface area contributed by atoms with Crippen LogP contribution in [0.3, 0.4) is 0 Å². The van der Waals surface area contributed by atoms with Crippen molar-refractivity contribution in [3.63, 3.8) is 0 Å². The largest absolute Gasteiger partial charge is 0.294 e. The lowest BCUT2D eigenvalue weighted by Gasteiger charge is -2.06. The molecule has 3 aromatic rings. The van der Waals surface area contributed by atoms with E-state index in [1.54, 1.807) is 66.7 Å². The normalized spacial score (nSPS) is 10.9. The Hall–Kier alpha value is -3.16. The smallest absolute Gasteiger partial charge is 0.182 e. The van der Waals surface area contributed by atoms with Gasteiger partial charge in [-0.3, -0.25) is 4.79 Å². The van der Waals surface area contributed by atoms with Crippen LogP contribution in [-0.4, -0.2) is 14.2 Å². The molecule has 0 saturated heterocycles. The minimum atomic E-state index is -3.40. The fraction of sp³-hybridized carbons (Fsp3) is 0.0870. The maximum atomic E-state index is 12.4. The number of Topliss-reactive ketones (excluding diaryl/α,β-unsaturated/α-hetero) is 1. The molecule has 0 saturated carbocycles. The molecule has 0 bridgehead atoms. The Morgan fingerprint density at radius 3 is 2.00 bits per heavy atom. The van der Waals surface area contributed by atoms with Crippen LogP contribution in [0.2, 0.25) is 0 Å². The molecule has 3 nitrogen and oxygen atoms in total. The molecule has 0 heterocycles. The van der Waals surface area contributed by atoms with Crippen LogP contribution in [0.25, 0.3) is 0 Å². The molecule has 0 N–H and O–H groups in total. The predicted molar refractivity (Wildman–Crippen MR) is 106 cm³/mol. The van der Waals surface area contributed by atoms with E-state index in [2.05, 4.69) is 5.92 Å². The Kier molecular flexibility index (Phi) is 5.54. The molecule has 0 aliphatic carbocycles. The molecule has 0 aliphatic heterocycles. The number of sulfone groups is 1. The number of ketones is 1. The van der Waals surface area contributed by atoms with Crippen LogP contribution in [0, 0.1) is 12.3 Å². The standard InChI is InChI=1S/C23H18O3S/c1-2-18-8-10-19(11-9-18)16-23(24)21-14-12-20(13-15-21)17-27(25,26)22-6-4-3-5-7-22/h1,3-15H,16-17H2. The van der Waals surface area contributed by atoms with E-state index in [4.69, 9.17) is 6.42 Å². The summed E-state index contributed by atoms with van der Waals surface area (Å²) in [6, 6.07) is 22.4. The molecular weight excluding hydrogens is 356 g/mol. The van der Waals surface area contributed by atoms with Crippen LogP contribution < -0.4 is 0 Å². The summed E-state index contributed by atoms with van der Waals surface area (Å²) in [5, 5.41) is 0. The SMILES string of the molecule is C#Cc1ccc(CC(=O)c2ccc(CS(=O)(=O)c3ccccc3)cc2)cc1. The number of carbonyl (C=O) groups excluding carboxylic acids is 1. The molecule has 0 spiro atoms. The van der Waals surface area contributed by atoms with Gasteiger partial charge in [-0.15, -0.1) is 6.42 Å². The Morgan fingerprint density at radius 2 is 1.41 bits per heavy atom. The van der Waals surface area contributed by atoms with Gasteiger partial charge < -0.3 is 0 Å². The lowest BCUT2D eigenvalue weighted by Crippen LogP contribution is -2.06. The molecule has 27 heavy (non-hydrogen) atoms. The summed E-state index contributed by atoms with van der Waals surface area (Å²) in [4.78, 5) is 12.7. The molecule has 0 unspecified atom stereocenters. The third-order valence-electron chi connectivity index (χ3n) is 4.22. The molecule has 3 aromatic carbocycles. The van der Waals surface area contributed by atoms with Crippen molar-refractivity contribution >= 4 is 15.6 Å². The van der Waals surface area contributed by atoms with E-state index >= 15 is 0 Å². The summed E-state index contributed by atoms with van der Waals surface area (Å²) >= 11 is 0. The molecule has 0 aliphatic rings. The number of hydrogen-bond donors (Lipinski definition) is 0. The number of benzene rings is 3. The van der Waals surface area contributed by atoms with Gasteiger partial charge in [0.1, 0.15) is 0 Å². The van der Waals surface area contributed by atoms with Gasteiger partial charge in [0.05, 0.1) is 10.6 Å². The number of rotatable bonds is 6. The summed E-state index contributed by atoms with van der Waals surface area (Å²) in [7, 11) is -3.40.